The van der Waals surface area contributed by atoms with E-state index in [1.54, 1.807) is 10.9 Å². The van der Waals surface area contributed by atoms with Crippen molar-refractivity contribution in [3.63, 3.8) is 0 Å². The average Bonchev–Trinajstić information content (AvgIpc) is 2.72. The van der Waals surface area contributed by atoms with E-state index < -0.39 is 0 Å². The van der Waals surface area contributed by atoms with Gasteiger partial charge in [-0.1, -0.05) is 12.2 Å². The van der Waals surface area contributed by atoms with Crippen LogP contribution < -0.4 is 0 Å². The van der Waals surface area contributed by atoms with Gasteiger partial charge in [0.1, 0.15) is 0 Å². The fourth-order valence-corrected chi connectivity index (χ4v) is 1.23. The normalized spacial score (nSPS) is 10.9. The molecule has 0 radical (unpaired) electrons. The summed E-state index contributed by atoms with van der Waals surface area (Å²) in [5, 5.41) is 4.10. The first-order valence-electron chi connectivity index (χ1n) is 4.49. The zero-order valence-electron chi connectivity index (χ0n) is 7.96. The van der Waals surface area contributed by atoms with Gasteiger partial charge in [-0.05, 0) is 30.7 Å². The third-order valence-electron chi connectivity index (χ3n) is 1.87. The second-order valence-corrected chi connectivity index (χ2v) is 2.90. The van der Waals surface area contributed by atoms with Gasteiger partial charge in [0.15, 0.2) is 5.82 Å². The Morgan fingerprint density at radius 1 is 1.36 bits per heavy atom. The predicted octanol–water partition coefficient (Wildman–Crippen LogP) is 2.30. The van der Waals surface area contributed by atoms with Gasteiger partial charge in [-0.2, -0.15) is 5.10 Å². The van der Waals surface area contributed by atoms with Crippen molar-refractivity contribution in [3.05, 3.63) is 48.4 Å². The first-order chi connectivity index (χ1) is 6.90. The Morgan fingerprint density at radius 3 is 2.86 bits per heavy atom. The summed E-state index contributed by atoms with van der Waals surface area (Å²) >= 11 is 0. The smallest absolute Gasteiger partial charge is 0.153 e. The number of pyridine rings is 1. The molecule has 0 N–H and O–H groups in total. The van der Waals surface area contributed by atoms with E-state index in [1.807, 2.05) is 49.7 Å². The minimum Gasteiger partial charge on any atom is -0.237 e. The molecule has 2 aromatic heterocycles. The minimum atomic E-state index is 0.836. The van der Waals surface area contributed by atoms with Crippen molar-refractivity contribution in [2.75, 3.05) is 0 Å². The molecular formula is C11H11N3. The maximum atomic E-state index is 4.29. The van der Waals surface area contributed by atoms with Crippen LogP contribution in [-0.4, -0.2) is 14.8 Å². The Hall–Kier alpha value is -1.90. The van der Waals surface area contributed by atoms with Crippen LogP contribution in [0.5, 0.6) is 0 Å². The number of aromatic nitrogens is 3. The molecule has 70 valence electrons. The largest absolute Gasteiger partial charge is 0.237 e. The molecule has 2 aromatic rings. The first kappa shape index (κ1) is 8.69. The second kappa shape index (κ2) is 3.87. The van der Waals surface area contributed by atoms with Gasteiger partial charge in [0.25, 0.3) is 0 Å². The number of nitrogens with zero attached hydrogens (tertiary/aromatic N) is 3. The maximum absolute atomic E-state index is 4.29. The summed E-state index contributed by atoms with van der Waals surface area (Å²) in [6.45, 7) is 1.99. The standard InChI is InChI=1S/C11H11N3/c1-2-4-10-5-6-11(12-9-10)14-8-3-7-13-14/h2-9H,1H3/b4-2+. The molecule has 0 fully saturated rings. The summed E-state index contributed by atoms with van der Waals surface area (Å²) in [6, 6.07) is 5.84. The molecular weight excluding hydrogens is 174 g/mol. The lowest BCUT2D eigenvalue weighted by molar-refractivity contribution is 0.846. The zero-order chi connectivity index (χ0) is 9.80. The molecule has 3 nitrogen and oxygen atoms in total. The summed E-state index contributed by atoms with van der Waals surface area (Å²) in [6.07, 6.45) is 9.45. The van der Waals surface area contributed by atoms with Gasteiger partial charge < -0.3 is 0 Å². The maximum Gasteiger partial charge on any atom is 0.153 e. The van der Waals surface area contributed by atoms with Crippen molar-refractivity contribution in [1.29, 1.82) is 0 Å². The lowest BCUT2D eigenvalue weighted by Crippen LogP contribution is -1.96. The van der Waals surface area contributed by atoms with E-state index in [9.17, 15) is 0 Å². The molecule has 0 aliphatic rings. The third kappa shape index (κ3) is 1.71. The minimum absolute atomic E-state index is 0.836. The van der Waals surface area contributed by atoms with E-state index in [-0.39, 0.29) is 0 Å². The van der Waals surface area contributed by atoms with Crippen LogP contribution in [0.2, 0.25) is 0 Å². The molecule has 2 heterocycles. The van der Waals surface area contributed by atoms with Crippen molar-refractivity contribution in [2.24, 2.45) is 0 Å². The Balaban J connectivity index is 2.31. The van der Waals surface area contributed by atoms with Crippen LogP contribution in [0.3, 0.4) is 0 Å². The molecule has 0 spiro atoms. The number of rotatable bonds is 2. The van der Waals surface area contributed by atoms with Crippen LogP contribution in [0.1, 0.15) is 12.5 Å². The Kier molecular flexibility index (Phi) is 2.40. The lowest BCUT2D eigenvalue weighted by Gasteiger charge is -1.99. The van der Waals surface area contributed by atoms with Crippen molar-refractivity contribution in [3.8, 4) is 5.82 Å². The number of hydrogen-bond acceptors (Lipinski definition) is 2. The van der Waals surface area contributed by atoms with Crippen LogP contribution in [0, 0.1) is 0 Å². The van der Waals surface area contributed by atoms with Gasteiger partial charge in [-0.15, -0.1) is 0 Å². The summed E-state index contributed by atoms with van der Waals surface area (Å²) < 4.78 is 1.74. The summed E-state index contributed by atoms with van der Waals surface area (Å²) in [5.41, 5.74) is 1.10. The topological polar surface area (TPSA) is 30.7 Å². The monoisotopic (exact) mass is 185 g/mol. The molecule has 14 heavy (non-hydrogen) atoms. The van der Waals surface area contributed by atoms with Crippen LogP contribution in [0.25, 0.3) is 11.9 Å². The molecule has 0 bridgehead atoms. The predicted molar refractivity (Wildman–Crippen MR) is 56.1 cm³/mol. The molecule has 0 saturated heterocycles. The summed E-state index contributed by atoms with van der Waals surface area (Å²) in [4.78, 5) is 4.29. The van der Waals surface area contributed by atoms with E-state index in [0.717, 1.165) is 11.4 Å². The molecule has 0 unspecified atom stereocenters. The Labute approximate surface area is 82.7 Å². The zero-order valence-corrected chi connectivity index (χ0v) is 7.96. The highest BCUT2D eigenvalue weighted by atomic mass is 15.3. The molecule has 0 aliphatic carbocycles. The van der Waals surface area contributed by atoms with E-state index >= 15 is 0 Å². The Morgan fingerprint density at radius 2 is 2.29 bits per heavy atom. The summed E-state index contributed by atoms with van der Waals surface area (Å²) in [7, 11) is 0. The highest BCUT2D eigenvalue weighted by Gasteiger charge is 1.95. The van der Waals surface area contributed by atoms with Gasteiger partial charge in [-0.3, -0.25) is 0 Å². The van der Waals surface area contributed by atoms with Crippen molar-refractivity contribution in [2.45, 2.75) is 6.92 Å². The van der Waals surface area contributed by atoms with E-state index in [1.165, 1.54) is 0 Å². The second-order valence-electron chi connectivity index (χ2n) is 2.90. The molecule has 0 amide bonds. The third-order valence-corrected chi connectivity index (χ3v) is 1.87. The van der Waals surface area contributed by atoms with Crippen molar-refractivity contribution < 1.29 is 0 Å². The SMILES string of the molecule is C/C=C/c1ccc(-n2cccn2)nc1. The quantitative estimate of drug-likeness (QED) is 0.718. The van der Waals surface area contributed by atoms with Crippen LogP contribution in [0.4, 0.5) is 0 Å². The van der Waals surface area contributed by atoms with E-state index in [0.29, 0.717) is 0 Å². The molecule has 0 aliphatic heterocycles. The van der Waals surface area contributed by atoms with Gasteiger partial charge in [0.05, 0.1) is 0 Å². The van der Waals surface area contributed by atoms with Gasteiger partial charge in [0, 0.05) is 18.6 Å². The number of allylic oxidation sites excluding steroid dienone is 1. The van der Waals surface area contributed by atoms with Gasteiger partial charge in [0.2, 0.25) is 0 Å². The highest BCUT2D eigenvalue weighted by molar-refractivity contribution is 5.48. The van der Waals surface area contributed by atoms with Crippen molar-refractivity contribution in [1.82, 2.24) is 14.8 Å². The molecule has 3 heteroatoms. The lowest BCUT2D eigenvalue weighted by atomic mass is 10.2. The molecule has 0 saturated carbocycles. The first-order valence-corrected chi connectivity index (χ1v) is 4.49. The fourth-order valence-electron chi connectivity index (χ4n) is 1.23. The molecule has 2 rings (SSSR count). The summed E-state index contributed by atoms with van der Waals surface area (Å²) in [5.74, 6) is 0.836. The van der Waals surface area contributed by atoms with Crippen LogP contribution in [-0.2, 0) is 0 Å². The average molecular weight is 185 g/mol. The van der Waals surface area contributed by atoms with Crippen molar-refractivity contribution >= 4 is 6.08 Å². The van der Waals surface area contributed by atoms with E-state index in [4.69, 9.17) is 0 Å². The van der Waals surface area contributed by atoms with E-state index in [2.05, 4.69) is 10.1 Å². The van der Waals surface area contributed by atoms with Crippen LogP contribution in [0.15, 0.2) is 42.9 Å². The van der Waals surface area contributed by atoms with Gasteiger partial charge in [-0.25, -0.2) is 9.67 Å². The Bertz CT molecular complexity index is 412. The van der Waals surface area contributed by atoms with Gasteiger partial charge >= 0.3 is 0 Å². The van der Waals surface area contributed by atoms with Crippen LogP contribution >= 0.6 is 0 Å². The molecule has 0 atom stereocenters. The highest BCUT2D eigenvalue weighted by Crippen LogP contribution is 2.05. The fraction of sp³-hybridized carbons (Fsp3) is 0.0909. The number of hydrogen-bond donors (Lipinski definition) is 0. The molecule has 0 aromatic carbocycles.